The molecule has 1 amide bonds. The predicted octanol–water partition coefficient (Wildman–Crippen LogP) is 3.45. The number of benzene rings is 1. The number of hydrogen-bond acceptors (Lipinski definition) is 2. The third kappa shape index (κ3) is 1.96. The van der Waals surface area contributed by atoms with Gasteiger partial charge in [0.2, 0.25) is 5.91 Å². The lowest BCUT2D eigenvalue weighted by atomic mass is 9.78. The minimum absolute atomic E-state index is 0.122. The molecule has 1 N–H and O–H groups in total. The Morgan fingerprint density at radius 3 is 2.60 bits per heavy atom. The highest BCUT2D eigenvalue weighted by atomic mass is 19.2. The SMILES string of the molecule is CN1c2c(ccc(F)c2F)NC(=O)CC12CCCCC2. The quantitative estimate of drug-likeness (QED) is 0.789. The molecule has 1 aromatic rings. The molecule has 0 saturated heterocycles. The fourth-order valence-electron chi connectivity index (χ4n) is 3.54. The van der Waals surface area contributed by atoms with Gasteiger partial charge in [0.25, 0.3) is 0 Å². The maximum Gasteiger partial charge on any atom is 0.226 e. The maximum absolute atomic E-state index is 14.2. The third-order valence-electron chi connectivity index (χ3n) is 4.66. The summed E-state index contributed by atoms with van der Waals surface area (Å²) in [5.74, 6) is -1.88. The van der Waals surface area contributed by atoms with Crippen molar-refractivity contribution in [3.8, 4) is 0 Å². The number of rotatable bonds is 0. The number of anilines is 2. The van der Waals surface area contributed by atoms with Crippen LogP contribution in [0.3, 0.4) is 0 Å². The lowest BCUT2D eigenvalue weighted by Gasteiger charge is -2.44. The smallest absolute Gasteiger partial charge is 0.226 e. The normalized spacial score (nSPS) is 21.4. The van der Waals surface area contributed by atoms with Crippen LogP contribution in [-0.4, -0.2) is 18.5 Å². The van der Waals surface area contributed by atoms with Crippen LogP contribution in [0.4, 0.5) is 20.2 Å². The highest BCUT2D eigenvalue weighted by Crippen LogP contribution is 2.44. The number of amides is 1. The van der Waals surface area contributed by atoms with Crippen molar-refractivity contribution < 1.29 is 13.6 Å². The molecule has 2 aliphatic rings. The molecule has 5 heteroatoms. The van der Waals surface area contributed by atoms with E-state index in [2.05, 4.69) is 5.32 Å². The van der Waals surface area contributed by atoms with Gasteiger partial charge in [0, 0.05) is 12.6 Å². The van der Waals surface area contributed by atoms with Crippen LogP contribution in [-0.2, 0) is 4.79 Å². The molecule has 3 rings (SSSR count). The summed E-state index contributed by atoms with van der Waals surface area (Å²) in [6.45, 7) is 0. The van der Waals surface area contributed by atoms with E-state index < -0.39 is 11.6 Å². The predicted molar refractivity (Wildman–Crippen MR) is 73.8 cm³/mol. The van der Waals surface area contributed by atoms with Crippen molar-refractivity contribution in [1.29, 1.82) is 0 Å². The van der Waals surface area contributed by atoms with Gasteiger partial charge in [0.05, 0.1) is 12.1 Å². The largest absolute Gasteiger partial charge is 0.364 e. The Morgan fingerprint density at radius 2 is 1.90 bits per heavy atom. The zero-order valence-corrected chi connectivity index (χ0v) is 11.5. The van der Waals surface area contributed by atoms with Gasteiger partial charge >= 0.3 is 0 Å². The van der Waals surface area contributed by atoms with Crippen LogP contribution in [0, 0.1) is 11.6 Å². The molecule has 0 unspecified atom stereocenters. The molecule has 0 radical (unpaired) electrons. The Bertz CT molecular complexity index is 553. The average molecular weight is 280 g/mol. The van der Waals surface area contributed by atoms with Crippen LogP contribution in [0.5, 0.6) is 0 Å². The van der Waals surface area contributed by atoms with Crippen molar-refractivity contribution in [3.63, 3.8) is 0 Å². The van der Waals surface area contributed by atoms with E-state index in [4.69, 9.17) is 0 Å². The van der Waals surface area contributed by atoms with Crippen molar-refractivity contribution in [2.24, 2.45) is 0 Å². The van der Waals surface area contributed by atoms with Crippen LogP contribution < -0.4 is 10.2 Å². The van der Waals surface area contributed by atoms with E-state index in [-0.39, 0.29) is 17.1 Å². The average Bonchev–Trinajstić information content (AvgIpc) is 2.52. The Morgan fingerprint density at radius 1 is 1.20 bits per heavy atom. The summed E-state index contributed by atoms with van der Waals surface area (Å²) < 4.78 is 27.8. The van der Waals surface area contributed by atoms with Crippen LogP contribution >= 0.6 is 0 Å². The van der Waals surface area contributed by atoms with Crippen LogP contribution in [0.25, 0.3) is 0 Å². The number of halogens is 2. The van der Waals surface area contributed by atoms with E-state index in [0.29, 0.717) is 12.1 Å². The molecule has 1 heterocycles. The van der Waals surface area contributed by atoms with Crippen molar-refractivity contribution in [1.82, 2.24) is 0 Å². The van der Waals surface area contributed by atoms with Gasteiger partial charge < -0.3 is 10.2 Å². The van der Waals surface area contributed by atoms with Gasteiger partial charge in [-0.25, -0.2) is 8.78 Å². The Hall–Kier alpha value is -1.65. The molecular weight excluding hydrogens is 262 g/mol. The molecule has 0 atom stereocenters. The minimum atomic E-state index is -0.878. The zero-order chi connectivity index (χ0) is 14.3. The molecule has 0 aromatic heterocycles. The van der Waals surface area contributed by atoms with Gasteiger partial charge in [-0.2, -0.15) is 0 Å². The summed E-state index contributed by atoms with van der Waals surface area (Å²) in [4.78, 5) is 13.9. The molecule has 1 aliphatic heterocycles. The highest BCUT2D eigenvalue weighted by molar-refractivity contribution is 5.97. The first-order chi connectivity index (χ1) is 9.53. The van der Waals surface area contributed by atoms with E-state index in [1.165, 1.54) is 6.07 Å². The second-order valence-electron chi connectivity index (χ2n) is 5.83. The number of fused-ring (bicyclic) bond motifs is 1. The monoisotopic (exact) mass is 280 g/mol. The van der Waals surface area contributed by atoms with E-state index in [9.17, 15) is 13.6 Å². The van der Waals surface area contributed by atoms with Gasteiger partial charge in [-0.05, 0) is 25.0 Å². The summed E-state index contributed by atoms with van der Waals surface area (Å²) >= 11 is 0. The Labute approximate surface area is 117 Å². The first-order valence-corrected chi connectivity index (χ1v) is 7.05. The molecule has 1 aromatic carbocycles. The van der Waals surface area contributed by atoms with Gasteiger partial charge in [-0.15, -0.1) is 0 Å². The van der Waals surface area contributed by atoms with E-state index >= 15 is 0 Å². The zero-order valence-electron chi connectivity index (χ0n) is 11.5. The van der Waals surface area contributed by atoms with E-state index in [0.717, 1.165) is 38.2 Å². The van der Waals surface area contributed by atoms with Gasteiger partial charge in [0.1, 0.15) is 5.69 Å². The van der Waals surface area contributed by atoms with Crippen LogP contribution in [0.15, 0.2) is 12.1 Å². The van der Waals surface area contributed by atoms with E-state index in [1.54, 1.807) is 11.9 Å². The van der Waals surface area contributed by atoms with Crippen LogP contribution in [0.1, 0.15) is 38.5 Å². The molecule has 1 fully saturated rings. The molecule has 1 saturated carbocycles. The Kier molecular flexibility index (Phi) is 3.15. The van der Waals surface area contributed by atoms with Crippen molar-refractivity contribution in [2.75, 3.05) is 17.3 Å². The molecule has 1 aliphatic carbocycles. The lowest BCUT2D eigenvalue weighted by Crippen LogP contribution is -2.49. The molecule has 0 bridgehead atoms. The van der Waals surface area contributed by atoms with Gasteiger partial charge in [-0.3, -0.25) is 4.79 Å². The van der Waals surface area contributed by atoms with Crippen molar-refractivity contribution >= 4 is 17.3 Å². The highest BCUT2D eigenvalue weighted by Gasteiger charge is 2.42. The summed E-state index contributed by atoms with van der Waals surface area (Å²) in [5, 5.41) is 2.71. The first-order valence-electron chi connectivity index (χ1n) is 7.05. The number of carbonyl (C=O) groups is 1. The second kappa shape index (κ2) is 4.72. The van der Waals surface area contributed by atoms with Gasteiger partial charge in [-0.1, -0.05) is 19.3 Å². The molecular formula is C15H18F2N2O. The lowest BCUT2D eigenvalue weighted by molar-refractivity contribution is -0.117. The van der Waals surface area contributed by atoms with Crippen molar-refractivity contribution in [3.05, 3.63) is 23.8 Å². The molecule has 108 valence electrons. The third-order valence-corrected chi connectivity index (χ3v) is 4.66. The number of nitrogens with zero attached hydrogens (tertiary/aromatic N) is 1. The minimum Gasteiger partial charge on any atom is -0.364 e. The fourth-order valence-corrected chi connectivity index (χ4v) is 3.54. The Balaban J connectivity index is 2.13. The molecule has 1 spiro atoms. The summed E-state index contributed by atoms with van der Waals surface area (Å²) in [7, 11) is 1.77. The molecule has 20 heavy (non-hydrogen) atoms. The topological polar surface area (TPSA) is 32.3 Å². The number of carbonyl (C=O) groups excluding carboxylic acids is 1. The number of hydrogen-bond donors (Lipinski definition) is 1. The van der Waals surface area contributed by atoms with Crippen molar-refractivity contribution in [2.45, 2.75) is 44.1 Å². The standard InChI is InChI=1S/C15H18F2N2O/c1-19-14-11(6-5-10(16)13(14)17)18-12(20)9-15(19)7-3-2-4-8-15/h5-6H,2-4,7-9H2,1H3,(H,18,20). The summed E-state index contributed by atoms with van der Waals surface area (Å²) in [6.07, 6.45) is 5.18. The number of nitrogens with one attached hydrogen (secondary N) is 1. The maximum atomic E-state index is 14.2. The van der Waals surface area contributed by atoms with Crippen LogP contribution in [0.2, 0.25) is 0 Å². The fraction of sp³-hybridized carbons (Fsp3) is 0.533. The van der Waals surface area contributed by atoms with E-state index in [1.807, 2.05) is 0 Å². The summed E-state index contributed by atoms with van der Waals surface area (Å²) in [5.41, 5.74) is 0.152. The first kappa shape index (κ1) is 13.3. The second-order valence-corrected chi connectivity index (χ2v) is 5.83. The molecule has 3 nitrogen and oxygen atoms in total. The summed E-state index contributed by atoms with van der Waals surface area (Å²) in [6, 6.07) is 2.49. The van der Waals surface area contributed by atoms with Gasteiger partial charge in [0.15, 0.2) is 11.6 Å².